The molecule has 0 aliphatic rings. The van der Waals surface area contributed by atoms with Gasteiger partial charge in [-0.2, -0.15) is 5.26 Å². The Morgan fingerprint density at radius 3 is 2.55 bits per heavy atom. The molecule has 1 aromatic carbocycles. The zero-order valence-corrected chi connectivity index (χ0v) is 11.4. The van der Waals surface area contributed by atoms with E-state index in [1.54, 1.807) is 6.07 Å². The summed E-state index contributed by atoms with van der Waals surface area (Å²) in [5.74, 6) is -0.936. The number of ether oxygens (including phenoxy) is 1. The van der Waals surface area contributed by atoms with Crippen molar-refractivity contribution >= 4 is 11.7 Å². The van der Waals surface area contributed by atoms with Gasteiger partial charge in [-0.3, -0.25) is 0 Å². The second-order valence-corrected chi connectivity index (χ2v) is 4.21. The fraction of sp³-hybridized carbons (Fsp3) is 0.0667. The lowest BCUT2D eigenvalue weighted by Gasteiger charge is -2.11. The summed E-state index contributed by atoms with van der Waals surface area (Å²) in [6.07, 6.45) is 6.48. The molecule has 0 saturated carbocycles. The Morgan fingerprint density at radius 2 is 2.00 bits per heavy atom. The van der Waals surface area contributed by atoms with E-state index < -0.39 is 17.6 Å². The van der Waals surface area contributed by atoms with E-state index in [-0.39, 0.29) is 28.2 Å². The molecule has 0 aliphatic heterocycles. The Bertz CT molecular complexity index is 857. The van der Waals surface area contributed by atoms with Crippen LogP contribution in [0.4, 0.5) is 14.5 Å². The fourth-order valence-electron chi connectivity index (χ4n) is 1.96. The van der Waals surface area contributed by atoms with Gasteiger partial charge in [-0.05, 0) is 6.07 Å². The molecule has 0 radical (unpaired) electrons. The van der Waals surface area contributed by atoms with Gasteiger partial charge >= 0.3 is 5.97 Å². The van der Waals surface area contributed by atoms with Crippen molar-refractivity contribution in [3.8, 4) is 24.1 Å². The van der Waals surface area contributed by atoms with Crippen LogP contribution >= 0.6 is 0 Å². The Kier molecular flexibility index (Phi) is 3.83. The number of nitrogens with two attached hydrogens (primary N) is 1. The van der Waals surface area contributed by atoms with E-state index in [4.69, 9.17) is 17.4 Å². The van der Waals surface area contributed by atoms with Crippen LogP contribution in [0.25, 0.3) is 5.69 Å². The van der Waals surface area contributed by atoms with Gasteiger partial charge in [0.05, 0.1) is 29.6 Å². The van der Waals surface area contributed by atoms with Gasteiger partial charge in [0.2, 0.25) is 0 Å². The summed E-state index contributed by atoms with van der Waals surface area (Å²) in [5, 5.41) is 9.01. The molecule has 2 aromatic rings. The molecule has 2 rings (SSSR count). The van der Waals surface area contributed by atoms with Gasteiger partial charge in [-0.1, -0.05) is 5.92 Å². The number of terminal acetylenes is 1. The number of aromatic nitrogens is 1. The lowest BCUT2D eigenvalue weighted by molar-refractivity contribution is 0.0593. The van der Waals surface area contributed by atoms with E-state index in [9.17, 15) is 13.6 Å². The smallest absolute Gasteiger partial charge is 0.357 e. The first kappa shape index (κ1) is 15.1. The summed E-state index contributed by atoms with van der Waals surface area (Å²) >= 11 is 0. The standard InChI is InChI=1S/C15H9F2N3O2/c1-3-8-4-10(16)11(17)5-12(8)20-7-9(6-18)13(19)14(20)15(21)22-2/h1,4-5,7H,19H2,2H3. The molecule has 5 nitrogen and oxygen atoms in total. The lowest BCUT2D eigenvalue weighted by Crippen LogP contribution is -2.12. The Labute approximate surface area is 124 Å². The van der Waals surface area contributed by atoms with Crippen molar-refractivity contribution in [2.75, 3.05) is 12.8 Å². The largest absolute Gasteiger partial charge is 0.464 e. The van der Waals surface area contributed by atoms with Crippen molar-refractivity contribution in [3.63, 3.8) is 0 Å². The number of esters is 1. The maximum Gasteiger partial charge on any atom is 0.357 e. The highest BCUT2D eigenvalue weighted by Gasteiger charge is 2.23. The maximum absolute atomic E-state index is 13.5. The molecule has 0 spiro atoms. The number of halogens is 2. The molecular weight excluding hydrogens is 292 g/mol. The number of nitriles is 1. The minimum absolute atomic E-state index is 0.00463. The molecule has 0 unspecified atom stereocenters. The van der Waals surface area contributed by atoms with E-state index in [2.05, 4.69) is 10.7 Å². The van der Waals surface area contributed by atoms with Gasteiger partial charge in [0.25, 0.3) is 0 Å². The number of carbonyl (C=O) groups is 1. The normalized spacial score (nSPS) is 9.86. The van der Waals surface area contributed by atoms with Crippen LogP contribution in [0.5, 0.6) is 0 Å². The van der Waals surface area contributed by atoms with Crippen LogP contribution in [0.2, 0.25) is 0 Å². The number of nitrogens with zero attached hydrogens (tertiary/aromatic N) is 2. The number of hydrogen-bond acceptors (Lipinski definition) is 4. The van der Waals surface area contributed by atoms with Gasteiger partial charge in [-0.25, -0.2) is 13.6 Å². The van der Waals surface area contributed by atoms with E-state index in [0.29, 0.717) is 0 Å². The van der Waals surface area contributed by atoms with Crippen LogP contribution in [0, 0.1) is 35.3 Å². The number of rotatable bonds is 2. The molecule has 22 heavy (non-hydrogen) atoms. The number of carbonyl (C=O) groups excluding carboxylic acids is 1. The number of methoxy groups -OCH3 is 1. The highest BCUT2D eigenvalue weighted by molar-refractivity contribution is 5.96. The second-order valence-electron chi connectivity index (χ2n) is 4.21. The molecule has 2 N–H and O–H groups in total. The Morgan fingerprint density at radius 1 is 1.36 bits per heavy atom. The summed E-state index contributed by atoms with van der Waals surface area (Å²) in [6, 6.07) is 3.43. The zero-order chi connectivity index (χ0) is 16.4. The van der Waals surface area contributed by atoms with Gasteiger partial charge in [-0.15, -0.1) is 6.42 Å². The molecule has 0 fully saturated rings. The third-order valence-corrected chi connectivity index (χ3v) is 3.00. The molecular formula is C15H9F2N3O2. The van der Waals surface area contributed by atoms with E-state index in [1.165, 1.54) is 6.20 Å². The maximum atomic E-state index is 13.5. The molecule has 0 saturated heterocycles. The highest BCUT2D eigenvalue weighted by Crippen LogP contribution is 2.27. The summed E-state index contributed by atoms with van der Waals surface area (Å²) in [7, 11) is 1.12. The number of nitrogen functional groups attached to an aromatic ring is 1. The molecule has 0 amide bonds. The molecule has 1 heterocycles. The van der Waals surface area contributed by atoms with Gasteiger partial charge in [0, 0.05) is 12.3 Å². The van der Waals surface area contributed by atoms with Gasteiger partial charge < -0.3 is 15.0 Å². The van der Waals surface area contributed by atoms with Crippen LogP contribution < -0.4 is 5.73 Å². The zero-order valence-electron chi connectivity index (χ0n) is 11.4. The third kappa shape index (κ3) is 2.25. The first-order chi connectivity index (χ1) is 10.4. The van der Waals surface area contributed by atoms with E-state index in [0.717, 1.165) is 23.8 Å². The monoisotopic (exact) mass is 301 g/mol. The predicted molar refractivity (Wildman–Crippen MR) is 74.1 cm³/mol. The van der Waals surface area contributed by atoms with Crippen molar-refractivity contribution in [2.24, 2.45) is 0 Å². The number of benzene rings is 1. The molecule has 1 aromatic heterocycles. The van der Waals surface area contributed by atoms with Crippen molar-refractivity contribution in [3.05, 3.63) is 46.8 Å². The van der Waals surface area contributed by atoms with E-state index in [1.807, 2.05) is 0 Å². The van der Waals surface area contributed by atoms with Gasteiger partial charge in [0.15, 0.2) is 17.3 Å². The van der Waals surface area contributed by atoms with Crippen molar-refractivity contribution in [1.29, 1.82) is 5.26 Å². The van der Waals surface area contributed by atoms with Crippen LogP contribution in [0.1, 0.15) is 21.6 Å². The average molecular weight is 301 g/mol. The van der Waals surface area contributed by atoms with Gasteiger partial charge in [0.1, 0.15) is 6.07 Å². The lowest BCUT2D eigenvalue weighted by atomic mass is 10.1. The van der Waals surface area contributed by atoms with Crippen LogP contribution in [-0.4, -0.2) is 17.6 Å². The van der Waals surface area contributed by atoms with Crippen molar-refractivity contribution in [2.45, 2.75) is 0 Å². The molecule has 7 heteroatoms. The molecule has 0 aliphatic carbocycles. The Hall–Kier alpha value is -3.32. The van der Waals surface area contributed by atoms with Crippen molar-refractivity contribution < 1.29 is 18.3 Å². The molecule has 0 atom stereocenters. The van der Waals surface area contributed by atoms with Crippen LogP contribution in [0.3, 0.4) is 0 Å². The fourth-order valence-corrected chi connectivity index (χ4v) is 1.96. The summed E-state index contributed by atoms with van der Waals surface area (Å²) in [5.41, 5.74) is 5.36. The first-order valence-electron chi connectivity index (χ1n) is 5.89. The van der Waals surface area contributed by atoms with Crippen molar-refractivity contribution in [1.82, 2.24) is 4.57 Å². The number of hydrogen-bond donors (Lipinski definition) is 1. The number of anilines is 1. The summed E-state index contributed by atoms with van der Waals surface area (Å²) in [6.45, 7) is 0. The third-order valence-electron chi connectivity index (χ3n) is 3.00. The van der Waals surface area contributed by atoms with Crippen LogP contribution in [-0.2, 0) is 4.74 Å². The quantitative estimate of drug-likeness (QED) is 0.679. The van der Waals surface area contributed by atoms with E-state index >= 15 is 0 Å². The second kappa shape index (κ2) is 5.58. The Balaban J connectivity index is 2.84. The molecule has 110 valence electrons. The molecule has 0 bridgehead atoms. The first-order valence-corrected chi connectivity index (χ1v) is 5.89. The highest BCUT2D eigenvalue weighted by atomic mass is 19.2. The SMILES string of the molecule is C#Cc1cc(F)c(F)cc1-n1cc(C#N)c(N)c1C(=O)OC. The summed E-state index contributed by atoms with van der Waals surface area (Å²) < 4.78 is 32.5. The topological polar surface area (TPSA) is 81.0 Å². The predicted octanol–water partition coefficient (Wildman–Crippen LogP) is 1.98. The minimum atomic E-state index is -1.16. The minimum Gasteiger partial charge on any atom is -0.464 e. The average Bonchev–Trinajstić information content (AvgIpc) is 2.85. The summed E-state index contributed by atoms with van der Waals surface area (Å²) in [4.78, 5) is 11.9. The van der Waals surface area contributed by atoms with Crippen LogP contribution in [0.15, 0.2) is 18.3 Å².